The van der Waals surface area contributed by atoms with Crippen molar-refractivity contribution < 1.29 is 40.0 Å². The lowest BCUT2D eigenvalue weighted by atomic mass is 9.97. The quantitative estimate of drug-likeness (QED) is 0.424. The van der Waals surface area contributed by atoms with Crippen LogP contribution in [0.5, 0.6) is 0 Å². The van der Waals surface area contributed by atoms with E-state index >= 15 is 0 Å². The molecule has 0 spiro atoms. The van der Waals surface area contributed by atoms with Gasteiger partial charge in [-0.1, -0.05) is 0 Å². The van der Waals surface area contributed by atoms with E-state index in [1.165, 1.54) is 6.92 Å². The van der Waals surface area contributed by atoms with Crippen LogP contribution < -0.4 is 4.72 Å². The molecule has 12 heteroatoms. The van der Waals surface area contributed by atoms with E-state index in [2.05, 4.69) is 4.18 Å². The average Bonchev–Trinajstić information content (AvgIpc) is 2.18. The molecule has 0 bridgehead atoms. The number of nitrogens with one attached hydrogen (secondary N) is 1. The van der Waals surface area contributed by atoms with Gasteiger partial charge in [-0.25, -0.2) is 4.18 Å². The van der Waals surface area contributed by atoms with Crippen molar-refractivity contribution >= 4 is 20.7 Å². The summed E-state index contributed by atoms with van der Waals surface area (Å²) in [6, 6.07) is -1.07. The van der Waals surface area contributed by atoms with Gasteiger partial charge >= 0.3 is 20.7 Å². The summed E-state index contributed by atoms with van der Waals surface area (Å²) in [5.74, 6) is 0. The first-order chi connectivity index (χ1) is 8.48. The minimum Gasteiger partial charge on any atom is -0.391 e. The molecule has 4 N–H and O–H groups in total. The molecule has 0 amide bonds. The van der Waals surface area contributed by atoms with Gasteiger partial charge in [0.15, 0.2) is 0 Å². The number of aliphatic hydroxyl groups is 1. The highest BCUT2D eigenvalue weighted by atomic mass is 32.3. The van der Waals surface area contributed by atoms with Crippen LogP contribution in [0.4, 0.5) is 0 Å². The molecule has 1 aliphatic rings. The summed E-state index contributed by atoms with van der Waals surface area (Å²) in [4.78, 5) is 0. The summed E-state index contributed by atoms with van der Waals surface area (Å²) in [5, 5.41) is 9.72. The minimum atomic E-state index is -4.61. The van der Waals surface area contributed by atoms with Crippen molar-refractivity contribution in [2.75, 3.05) is 6.61 Å². The molecule has 19 heavy (non-hydrogen) atoms. The Morgan fingerprint density at radius 3 is 2.32 bits per heavy atom. The maximum absolute atomic E-state index is 10.7. The molecular weight excluding hydrogens is 306 g/mol. The van der Waals surface area contributed by atoms with Crippen LogP contribution in [-0.2, 0) is 29.6 Å². The first kappa shape index (κ1) is 16.7. The highest BCUT2D eigenvalue weighted by Crippen LogP contribution is 2.21. The Kier molecular flexibility index (Phi) is 5.25. The van der Waals surface area contributed by atoms with Gasteiger partial charge in [-0.05, 0) is 6.92 Å². The van der Waals surface area contributed by atoms with Crippen molar-refractivity contribution in [3.8, 4) is 0 Å². The van der Waals surface area contributed by atoms with Crippen LogP contribution in [0.25, 0.3) is 0 Å². The third-order valence-corrected chi connectivity index (χ3v) is 3.52. The van der Waals surface area contributed by atoms with E-state index < -0.39 is 51.7 Å². The Hall–Kier alpha value is -0.340. The lowest BCUT2D eigenvalue weighted by Gasteiger charge is -2.37. The fourth-order valence-corrected chi connectivity index (χ4v) is 2.80. The van der Waals surface area contributed by atoms with Gasteiger partial charge < -0.3 is 9.84 Å². The Morgan fingerprint density at radius 2 is 1.89 bits per heavy atom. The molecule has 1 aliphatic heterocycles. The van der Waals surface area contributed by atoms with Gasteiger partial charge in [0.1, 0.15) is 0 Å². The zero-order valence-electron chi connectivity index (χ0n) is 9.83. The molecule has 1 saturated heterocycles. The number of ether oxygens (including phenoxy) is 1. The van der Waals surface area contributed by atoms with E-state index in [1.807, 2.05) is 0 Å². The Bertz CT molecular complexity index is 489. The topological polar surface area (TPSA) is 159 Å². The molecule has 0 aliphatic carbocycles. The summed E-state index contributed by atoms with van der Waals surface area (Å²) in [7, 11) is -9.11. The lowest BCUT2D eigenvalue weighted by molar-refractivity contribution is -0.117. The first-order valence-electron chi connectivity index (χ1n) is 5.18. The third kappa shape index (κ3) is 6.09. The van der Waals surface area contributed by atoms with E-state index in [4.69, 9.17) is 13.8 Å². The Labute approximate surface area is 110 Å². The van der Waals surface area contributed by atoms with Gasteiger partial charge in [0.05, 0.1) is 31.0 Å². The van der Waals surface area contributed by atoms with Crippen molar-refractivity contribution in [2.24, 2.45) is 0 Å². The van der Waals surface area contributed by atoms with Gasteiger partial charge in [0.25, 0.3) is 0 Å². The molecule has 114 valence electrons. The summed E-state index contributed by atoms with van der Waals surface area (Å²) in [6.45, 7) is 0.907. The first-order valence-corrected chi connectivity index (χ1v) is 7.98. The molecule has 0 saturated carbocycles. The predicted octanol–water partition coefficient (Wildman–Crippen LogP) is -1.89. The molecule has 4 atom stereocenters. The molecule has 0 aromatic heterocycles. The Balaban J connectivity index is 2.61. The van der Waals surface area contributed by atoms with Crippen LogP contribution in [0.15, 0.2) is 0 Å². The van der Waals surface area contributed by atoms with E-state index in [-0.39, 0.29) is 6.42 Å². The van der Waals surface area contributed by atoms with Crippen molar-refractivity contribution in [1.29, 1.82) is 0 Å². The molecule has 1 rings (SSSR count). The molecule has 1 heterocycles. The van der Waals surface area contributed by atoms with E-state index in [1.54, 1.807) is 4.72 Å². The van der Waals surface area contributed by atoms with Crippen molar-refractivity contribution in [1.82, 2.24) is 4.72 Å². The van der Waals surface area contributed by atoms with Crippen molar-refractivity contribution in [2.45, 2.75) is 37.7 Å². The second kappa shape index (κ2) is 5.97. The molecule has 0 aromatic rings. The number of aliphatic hydroxyl groups excluding tert-OH is 1. The van der Waals surface area contributed by atoms with E-state index in [0.717, 1.165) is 0 Å². The van der Waals surface area contributed by atoms with Gasteiger partial charge in [-0.2, -0.15) is 21.6 Å². The van der Waals surface area contributed by atoms with Gasteiger partial charge in [0.2, 0.25) is 0 Å². The van der Waals surface area contributed by atoms with Crippen LogP contribution in [0.3, 0.4) is 0 Å². The summed E-state index contributed by atoms with van der Waals surface area (Å²) < 4.78 is 70.2. The van der Waals surface area contributed by atoms with Gasteiger partial charge in [-0.3, -0.25) is 9.11 Å². The monoisotopic (exact) mass is 321 g/mol. The van der Waals surface area contributed by atoms with E-state index in [9.17, 15) is 21.9 Å². The molecular formula is C7H15NO9S2. The van der Waals surface area contributed by atoms with Gasteiger partial charge in [0, 0.05) is 6.42 Å². The zero-order valence-corrected chi connectivity index (χ0v) is 11.5. The second-order valence-electron chi connectivity index (χ2n) is 4.10. The summed E-state index contributed by atoms with van der Waals surface area (Å²) >= 11 is 0. The largest absolute Gasteiger partial charge is 0.397 e. The van der Waals surface area contributed by atoms with Crippen LogP contribution in [0.1, 0.15) is 13.3 Å². The highest BCUT2D eigenvalue weighted by Gasteiger charge is 2.37. The fraction of sp³-hybridized carbons (Fsp3) is 1.00. The maximum atomic E-state index is 10.7. The second-order valence-corrected chi connectivity index (χ2v) is 6.37. The van der Waals surface area contributed by atoms with Crippen LogP contribution in [0, 0.1) is 0 Å². The van der Waals surface area contributed by atoms with Crippen LogP contribution in [-0.4, -0.2) is 62.0 Å². The van der Waals surface area contributed by atoms with Crippen LogP contribution in [0.2, 0.25) is 0 Å². The normalized spacial score (nSPS) is 33.3. The predicted molar refractivity (Wildman–Crippen MR) is 60.9 cm³/mol. The number of rotatable bonds is 5. The highest BCUT2D eigenvalue weighted by molar-refractivity contribution is 7.83. The molecule has 1 fully saturated rings. The molecule has 0 radical (unpaired) electrons. The minimum absolute atomic E-state index is 0.132. The summed E-state index contributed by atoms with van der Waals surface area (Å²) in [6.07, 6.45) is -3.01. The molecule has 0 aromatic carbocycles. The van der Waals surface area contributed by atoms with Gasteiger partial charge in [-0.15, -0.1) is 0 Å². The SMILES string of the molecule is C[C@@H]1OC(COS(=O)(=O)O)C[C@@H](O)C1NS(=O)(=O)O. The lowest BCUT2D eigenvalue weighted by Crippen LogP contribution is -2.56. The number of hydrogen-bond acceptors (Lipinski definition) is 7. The molecule has 2 unspecified atom stereocenters. The third-order valence-electron chi connectivity index (χ3n) is 2.52. The summed E-state index contributed by atoms with van der Waals surface area (Å²) in [5.41, 5.74) is 0. The maximum Gasteiger partial charge on any atom is 0.397 e. The standard InChI is InChI=1S/C7H15NO9S2/c1-4-7(8-18(10,11)12)6(9)2-5(17-4)3-16-19(13,14)15/h4-9H,2-3H2,1H3,(H,10,11,12)(H,13,14,15)/t4-,5?,6+,7?/m0/s1. The fourth-order valence-electron chi connectivity index (χ4n) is 1.79. The van der Waals surface area contributed by atoms with Crippen LogP contribution >= 0.6 is 0 Å². The Morgan fingerprint density at radius 1 is 1.32 bits per heavy atom. The zero-order chi connectivity index (χ0) is 14.8. The molecule has 10 nitrogen and oxygen atoms in total. The smallest absolute Gasteiger partial charge is 0.391 e. The van der Waals surface area contributed by atoms with Crippen molar-refractivity contribution in [3.05, 3.63) is 0 Å². The van der Waals surface area contributed by atoms with Crippen molar-refractivity contribution in [3.63, 3.8) is 0 Å². The average molecular weight is 321 g/mol. The number of hydrogen-bond donors (Lipinski definition) is 4. The van der Waals surface area contributed by atoms with E-state index in [0.29, 0.717) is 0 Å².